The Morgan fingerprint density at radius 2 is 2.77 bits per heavy atom. The van der Waals surface area contributed by atoms with Crippen LogP contribution in [-0.2, 0) is 9.57 Å². The number of nitrogens with two attached hydrogens (primary N) is 1. The fourth-order valence-electron chi connectivity index (χ4n) is 0.780. The molecule has 1 atom stereocenters. The predicted octanol–water partition coefficient (Wildman–Crippen LogP) is 1.06. The Bertz CT molecular complexity index is 242. The van der Waals surface area contributed by atoms with Gasteiger partial charge in [0.25, 0.3) is 0 Å². The third-order valence-electron chi connectivity index (χ3n) is 1.26. The molecule has 0 aliphatic carbocycles. The summed E-state index contributed by atoms with van der Waals surface area (Å²) in [6.07, 6.45) is 1.58. The van der Waals surface area contributed by atoms with Crippen LogP contribution in [0.15, 0.2) is 17.8 Å². The van der Waals surface area contributed by atoms with Gasteiger partial charge in [-0.25, -0.2) is 4.79 Å². The standard InChI is InChI=1S/C7H10N2O3S/c1-2-3-6-11-4-5(13-6)9-12-7(8)10/h2,6H,1,3-4H2,(H2,8,10). The van der Waals surface area contributed by atoms with E-state index in [9.17, 15) is 4.79 Å². The Morgan fingerprint density at radius 3 is 3.38 bits per heavy atom. The first-order valence-electron chi connectivity index (χ1n) is 3.65. The first kappa shape index (κ1) is 10.1. The smallest absolute Gasteiger partial charge is 0.360 e. The highest BCUT2D eigenvalue weighted by Gasteiger charge is 2.21. The van der Waals surface area contributed by atoms with Crippen molar-refractivity contribution >= 4 is 22.9 Å². The highest BCUT2D eigenvalue weighted by molar-refractivity contribution is 8.14. The molecule has 0 aromatic carbocycles. The zero-order valence-electron chi connectivity index (χ0n) is 6.93. The third-order valence-corrected chi connectivity index (χ3v) is 2.31. The van der Waals surface area contributed by atoms with Crippen molar-refractivity contribution in [3.63, 3.8) is 0 Å². The van der Waals surface area contributed by atoms with Crippen molar-refractivity contribution in [1.82, 2.24) is 0 Å². The van der Waals surface area contributed by atoms with Crippen LogP contribution >= 0.6 is 11.8 Å². The molecule has 1 aliphatic heterocycles. The van der Waals surface area contributed by atoms with Crippen molar-refractivity contribution in [3.05, 3.63) is 12.7 Å². The summed E-state index contributed by atoms with van der Waals surface area (Å²) >= 11 is 1.40. The highest BCUT2D eigenvalue weighted by atomic mass is 32.2. The normalized spacial score (nSPS) is 24.6. The SMILES string of the molecule is C=CCC1OCC(=NOC(N)=O)S1. The zero-order chi connectivity index (χ0) is 9.68. The first-order valence-corrected chi connectivity index (χ1v) is 4.53. The summed E-state index contributed by atoms with van der Waals surface area (Å²) < 4.78 is 5.27. The van der Waals surface area contributed by atoms with Gasteiger partial charge in [0, 0.05) is 6.42 Å². The minimum atomic E-state index is -0.916. The van der Waals surface area contributed by atoms with Crippen LogP contribution in [0.2, 0.25) is 0 Å². The molecule has 0 bridgehead atoms. The largest absolute Gasteiger partial charge is 0.430 e. The molecule has 2 N–H and O–H groups in total. The maximum Gasteiger partial charge on any atom is 0.430 e. The van der Waals surface area contributed by atoms with E-state index in [0.29, 0.717) is 11.7 Å². The number of primary amides is 1. The van der Waals surface area contributed by atoms with Crippen LogP contribution in [0.4, 0.5) is 4.79 Å². The Morgan fingerprint density at radius 1 is 2.00 bits per heavy atom. The second kappa shape index (κ2) is 4.88. The number of carbonyl (C=O) groups is 1. The molecule has 1 fully saturated rings. The van der Waals surface area contributed by atoms with Crippen LogP contribution in [0.5, 0.6) is 0 Å². The number of hydrogen-bond acceptors (Lipinski definition) is 5. The minimum absolute atomic E-state index is 0.0210. The molecule has 0 saturated carbocycles. The molecule has 1 unspecified atom stereocenters. The van der Waals surface area contributed by atoms with Crippen LogP contribution in [0.3, 0.4) is 0 Å². The van der Waals surface area contributed by atoms with E-state index in [4.69, 9.17) is 10.5 Å². The van der Waals surface area contributed by atoms with Crippen LogP contribution in [0, 0.1) is 0 Å². The van der Waals surface area contributed by atoms with Crippen molar-refractivity contribution in [1.29, 1.82) is 0 Å². The molecule has 0 radical (unpaired) electrons. The van der Waals surface area contributed by atoms with E-state index in [2.05, 4.69) is 16.6 Å². The second-order valence-corrected chi connectivity index (χ2v) is 3.51. The van der Waals surface area contributed by atoms with Crippen molar-refractivity contribution in [2.24, 2.45) is 10.9 Å². The van der Waals surface area contributed by atoms with Gasteiger partial charge in [-0.1, -0.05) is 23.0 Å². The molecule has 0 aromatic rings. The lowest BCUT2D eigenvalue weighted by Crippen LogP contribution is -2.10. The van der Waals surface area contributed by atoms with E-state index in [1.807, 2.05) is 0 Å². The predicted molar refractivity (Wildman–Crippen MR) is 50.2 cm³/mol. The fourth-order valence-corrected chi connectivity index (χ4v) is 1.67. The molecule has 1 rings (SSSR count). The third kappa shape index (κ3) is 3.47. The second-order valence-electron chi connectivity index (χ2n) is 2.28. The van der Waals surface area contributed by atoms with Gasteiger partial charge in [-0.15, -0.1) is 6.58 Å². The Labute approximate surface area is 79.9 Å². The Hall–Kier alpha value is -1.01. The Balaban J connectivity index is 2.35. The average Bonchev–Trinajstić information content (AvgIpc) is 2.50. The summed E-state index contributed by atoms with van der Waals surface area (Å²) in [6.45, 7) is 3.94. The van der Waals surface area contributed by atoms with E-state index in [1.165, 1.54) is 11.8 Å². The summed E-state index contributed by atoms with van der Waals surface area (Å²) in [6, 6.07) is 0. The zero-order valence-corrected chi connectivity index (χ0v) is 7.75. The molecule has 1 amide bonds. The lowest BCUT2D eigenvalue weighted by molar-refractivity contribution is 0.151. The van der Waals surface area contributed by atoms with Crippen LogP contribution in [-0.4, -0.2) is 23.2 Å². The topological polar surface area (TPSA) is 73.9 Å². The van der Waals surface area contributed by atoms with Gasteiger partial charge >= 0.3 is 6.09 Å². The van der Waals surface area contributed by atoms with Gasteiger partial charge in [-0.05, 0) is 0 Å². The van der Waals surface area contributed by atoms with Crippen molar-refractivity contribution in [2.45, 2.75) is 11.9 Å². The number of thioether (sulfide) groups is 1. The molecule has 5 nitrogen and oxygen atoms in total. The number of hydrogen-bond donors (Lipinski definition) is 1. The molecule has 0 spiro atoms. The average molecular weight is 202 g/mol. The van der Waals surface area contributed by atoms with Gasteiger partial charge in [-0.2, -0.15) is 0 Å². The summed E-state index contributed by atoms with van der Waals surface area (Å²) in [5.74, 6) is 0. The van der Waals surface area contributed by atoms with Gasteiger partial charge in [0.1, 0.15) is 10.5 Å². The number of oxime groups is 1. The highest BCUT2D eigenvalue weighted by Crippen LogP contribution is 2.25. The molecule has 1 heterocycles. The molecule has 1 aliphatic rings. The van der Waals surface area contributed by atoms with Crippen molar-refractivity contribution < 1.29 is 14.4 Å². The van der Waals surface area contributed by atoms with Crippen LogP contribution in [0.25, 0.3) is 0 Å². The summed E-state index contributed by atoms with van der Waals surface area (Å²) in [4.78, 5) is 14.4. The summed E-state index contributed by atoms with van der Waals surface area (Å²) in [7, 11) is 0. The lowest BCUT2D eigenvalue weighted by Gasteiger charge is -2.00. The summed E-state index contributed by atoms with van der Waals surface area (Å²) in [5.41, 5.74) is 4.75. The number of rotatable bonds is 3. The molecular weight excluding hydrogens is 192 g/mol. The number of ether oxygens (including phenoxy) is 1. The van der Waals surface area contributed by atoms with Crippen LogP contribution < -0.4 is 5.73 Å². The van der Waals surface area contributed by atoms with E-state index in [-0.39, 0.29) is 5.44 Å². The fraction of sp³-hybridized carbons (Fsp3) is 0.429. The maximum absolute atomic E-state index is 10.2. The number of nitrogens with zero attached hydrogens (tertiary/aromatic N) is 1. The molecule has 1 saturated heterocycles. The first-order chi connectivity index (χ1) is 6.22. The number of carbonyl (C=O) groups excluding carboxylic acids is 1. The minimum Gasteiger partial charge on any atom is -0.360 e. The molecule has 6 heteroatoms. The van der Waals surface area contributed by atoms with E-state index < -0.39 is 6.09 Å². The molecule has 13 heavy (non-hydrogen) atoms. The van der Waals surface area contributed by atoms with Gasteiger partial charge in [0.05, 0.1) is 6.61 Å². The Kier molecular flexibility index (Phi) is 3.78. The molecular formula is C7H10N2O3S. The van der Waals surface area contributed by atoms with E-state index in [0.717, 1.165) is 6.42 Å². The van der Waals surface area contributed by atoms with Gasteiger partial charge in [0.15, 0.2) is 0 Å². The quantitative estimate of drug-likeness (QED) is 0.422. The maximum atomic E-state index is 10.2. The van der Waals surface area contributed by atoms with Crippen molar-refractivity contribution in [2.75, 3.05) is 6.61 Å². The molecule has 0 aromatic heterocycles. The van der Waals surface area contributed by atoms with E-state index in [1.54, 1.807) is 6.08 Å². The van der Waals surface area contributed by atoms with E-state index >= 15 is 0 Å². The van der Waals surface area contributed by atoms with Crippen LogP contribution in [0.1, 0.15) is 6.42 Å². The van der Waals surface area contributed by atoms with Gasteiger partial charge in [-0.3, -0.25) is 4.84 Å². The number of amides is 1. The molecule has 72 valence electrons. The van der Waals surface area contributed by atoms with Gasteiger partial charge < -0.3 is 10.5 Å². The monoisotopic (exact) mass is 202 g/mol. The van der Waals surface area contributed by atoms with Crippen molar-refractivity contribution in [3.8, 4) is 0 Å². The van der Waals surface area contributed by atoms with Gasteiger partial charge in [0.2, 0.25) is 0 Å². The lowest BCUT2D eigenvalue weighted by atomic mass is 10.4. The summed E-state index contributed by atoms with van der Waals surface area (Å²) in [5, 5.41) is 4.12.